The molecule has 1 aliphatic rings. The smallest absolute Gasteiger partial charge is 0.172 e. The van der Waals surface area contributed by atoms with Crippen molar-refractivity contribution in [3.8, 4) is 0 Å². The molecule has 0 spiro atoms. The van der Waals surface area contributed by atoms with Gasteiger partial charge in [-0.15, -0.1) is 0 Å². The van der Waals surface area contributed by atoms with E-state index < -0.39 is 24.6 Å². The molecule has 0 radical (unpaired) electrons. The molecule has 0 amide bonds. The summed E-state index contributed by atoms with van der Waals surface area (Å²) >= 11 is 2.05. The highest BCUT2D eigenvalue weighted by Gasteiger charge is 2.41. The summed E-state index contributed by atoms with van der Waals surface area (Å²) in [7, 11) is 0. The molecule has 1 fully saturated rings. The Hall–Kier alpha value is -0.210. The van der Waals surface area contributed by atoms with Crippen LogP contribution in [0.15, 0.2) is 30.3 Å². The minimum absolute atomic E-state index is 0.280. The zero-order chi connectivity index (χ0) is 13.1. The number of hydrogen-bond donors (Lipinski definition) is 2. The molecule has 1 aromatic carbocycles. The van der Waals surface area contributed by atoms with Crippen LogP contribution in [0.1, 0.15) is 12.5 Å². The summed E-state index contributed by atoms with van der Waals surface area (Å²) in [4.78, 5) is 0. The van der Waals surface area contributed by atoms with E-state index in [4.69, 9.17) is 9.47 Å². The Morgan fingerprint density at radius 2 is 1.89 bits per heavy atom. The van der Waals surface area contributed by atoms with Crippen molar-refractivity contribution in [1.29, 1.82) is 0 Å². The second kappa shape index (κ2) is 6.29. The number of aliphatic hydroxyl groups is 2. The Morgan fingerprint density at radius 3 is 2.56 bits per heavy atom. The number of aliphatic hydroxyl groups excluding tert-OH is 2. The molecule has 1 aromatic rings. The monoisotopic (exact) mass is 364 g/mol. The van der Waals surface area contributed by atoms with Gasteiger partial charge in [0.2, 0.25) is 0 Å². The fraction of sp³-hybridized carbons (Fsp3) is 0.538. The molecule has 5 heteroatoms. The van der Waals surface area contributed by atoms with Crippen LogP contribution < -0.4 is 0 Å². The predicted octanol–water partition coefficient (Wildman–Crippen LogP) is 1.47. The van der Waals surface area contributed by atoms with E-state index in [9.17, 15) is 10.2 Å². The number of benzene rings is 1. The highest BCUT2D eigenvalue weighted by atomic mass is 127. The summed E-state index contributed by atoms with van der Waals surface area (Å²) in [6, 6.07) is 9.79. The summed E-state index contributed by atoms with van der Waals surface area (Å²) in [5.74, 6) is 0. The minimum Gasteiger partial charge on any atom is -0.389 e. The number of halogens is 1. The minimum atomic E-state index is -0.858. The third kappa shape index (κ3) is 3.21. The normalized spacial score (nSPS) is 36.6. The van der Waals surface area contributed by atoms with Gasteiger partial charge in [-0.2, -0.15) is 0 Å². The van der Waals surface area contributed by atoms with Crippen LogP contribution in [0.25, 0.3) is 0 Å². The Kier molecular flexibility index (Phi) is 4.97. The standard InChI is InChI=1S/C13H17IO4/c1-8-11(15)12(16)10(14)13(18-8)17-7-9-5-3-2-4-6-9/h2-6,8,10-13,15-16H,7H2,1H3/t8-,10+,11-,12+,13+/m1/s1. The van der Waals surface area contributed by atoms with Gasteiger partial charge >= 0.3 is 0 Å². The van der Waals surface area contributed by atoms with Gasteiger partial charge in [0.15, 0.2) is 6.29 Å². The van der Waals surface area contributed by atoms with Gasteiger partial charge in [0.1, 0.15) is 6.10 Å². The van der Waals surface area contributed by atoms with E-state index in [1.165, 1.54) is 0 Å². The molecule has 1 heterocycles. The average molecular weight is 364 g/mol. The van der Waals surface area contributed by atoms with Gasteiger partial charge in [0.25, 0.3) is 0 Å². The van der Waals surface area contributed by atoms with Crippen LogP contribution in [0.4, 0.5) is 0 Å². The van der Waals surface area contributed by atoms with Gasteiger partial charge < -0.3 is 19.7 Å². The van der Waals surface area contributed by atoms with Crippen molar-refractivity contribution >= 4 is 22.6 Å². The van der Waals surface area contributed by atoms with Gasteiger partial charge in [-0.05, 0) is 12.5 Å². The van der Waals surface area contributed by atoms with Crippen molar-refractivity contribution < 1.29 is 19.7 Å². The maximum atomic E-state index is 9.87. The molecule has 2 N–H and O–H groups in total. The summed E-state index contributed by atoms with van der Waals surface area (Å²) < 4.78 is 11.0. The van der Waals surface area contributed by atoms with E-state index in [1.807, 2.05) is 30.3 Å². The molecular formula is C13H17IO4. The van der Waals surface area contributed by atoms with Crippen molar-refractivity contribution in [2.75, 3.05) is 0 Å². The lowest BCUT2D eigenvalue weighted by atomic mass is 10.0. The molecule has 0 unspecified atom stereocenters. The van der Waals surface area contributed by atoms with Crippen molar-refractivity contribution in [2.45, 2.75) is 42.1 Å². The van der Waals surface area contributed by atoms with Crippen LogP contribution in [0.3, 0.4) is 0 Å². The van der Waals surface area contributed by atoms with E-state index in [0.717, 1.165) is 5.56 Å². The van der Waals surface area contributed by atoms with E-state index >= 15 is 0 Å². The van der Waals surface area contributed by atoms with Crippen LogP contribution in [0, 0.1) is 0 Å². The molecule has 1 saturated heterocycles. The van der Waals surface area contributed by atoms with Gasteiger partial charge in [-0.25, -0.2) is 0 Å². The van der Waals surface area contributed by atoms with Crippen LogP contribution in [0.5, 0.6) is 0 Å². The highest BCUT2D eigenvalue weighted by molar-refractivity contribution is 14.1. The third-order valence-electron chi connectivity index (χ3n) is 3.02. The van der Waals surface area contributed by atoms with E-state index in [-0.39, 0.29) is 3.92 Å². The number of hydrogen-bond acceptors (Lipinski definition) is 4. The second-order valence-electron chi connectivity index (χ2n) is 4.43. The fourth-order valence-electron chi connectivity index (χ4n) is 1.88. The van der Waals surface area contributed by atoms with Crippen molar-refractivity contribution in [3.05, 3.63) is 35.9 Å². The quantitative estimate of drug-likeness (QED) is 0.630. The molecule has 0 aromatic heterocycles. The Bertz CT molecular complexity index is 373. The summed E-state index contributed by atoms with van der Waals surface area (Å²) in [5, 5.41) is 19.6. The molecule has 0 saturated carbocycles. The van der Waals surface area contributed by atoms with E-state index in [1.54, 1.807) is 6.92 Å². The molecule has 0 aliphatic carbocycles. The molecule has 100 valence electrons. The second-order valence-corrected chi connectivity index (χ2v) is 5.87. The molecule has 0 bridgehead atoms. The van der Waals surface area contributed by atoms with Crippen LogP contribution in [0.2, 0.25) is 0 Å². The lowest BCUT2D eigenvalue weighted by molar-refractivity contribution is -0.242. The summed E-state index contributed by atoms with van der Waals surface area (Å²) in [5.41, 5.74) is 1.05. The number of ether oxygens (including phenoxy) is 2. The van der Waals surface area contributed by atoms with Crippen LogP contribution in [-0.4, -0.2) is 38.7 Å². The molecule has 18 heavy (non-hydrogen) atoms. The molecule has 1 aliphatic heterocycles. The van der Waals surface area contributed by atoms with Gasteiger partial charge in [0, 0.05) is 0 Å². The Balaban J connectivity index is 1.93. The van der Waals surface area contributed by atoms with Crippen molar-refractivity contribution in [1.82, 2.24) is 0 Å². The summed E-state index contributed by atoms with van der Waals surface area (Å²) in [6.07, 6.45) is -2.61. The lowest BCUT2D eigenvalue weighted by Gasteiger charge is -2.39. The Labute approximate surface area is 120 Å². The first-order chi connectivity index (χ1) is 8.59. The maximum absolute atomic E-state index is 9.87. The Morgan fingerprint density at radius 1 is 1.22 bits per heavy atom. The van der Waals surface area contributed by atoms with Crippen LogP contribution >= 0.6 is 22.6 Å². The summed E-state index contributed by atoms with van der Waals surface area (Å²) in [6.45, 7) is 2.16. The van der Waals surface area contributed by atoms with Gasteiger partial charge in [-0.1, -0.05) is 52.9 Å². The largest absolute Gasteiger partial charge is 0.389 e. The topological polar surface area (TPSA) is 58.9 Å². The number of alkyl halides is 1. The molecule has 4 nitrogen and oxygen atoms in total. The highest BCUT2D eigenvalue weighted by Crippen LogP contribution is 2.28. The predicted molar refractivity (Wildman–Crippen MR) is 75.4 cm³/mol. The van der Waals surface area contributed by atoms with Gasteiger partial charge in [0.05, 0.1) is 22.7 Å². The third-order valence-corrected chi connectivity index (χ3v) is 4.35. The SMILES string of the molecule is C[C@H]1O[C@H](OCc2ccccc2)[C@@H](I)[C@H](O)[C@@H]1O. The molecular weight excluding hydrogens is 347 g/mol. The number of rotatable bonds is 3. The van der Waals surface area contributed by atoms with Gasteiger partial charge in [-0.3, -0.25) is 0 Å². The lowest BCUT2D eigenvalue weighted by Crippen LogP contribution is -2.54. The zero-order valence-corrected chi connectivity index (χ0v) is 12.2. The first-order valence-corrected chi connectivity index (χ1v) is 7.15. The fourth-order valence-corrected chi connectivity index (χ4v) is 2.68. The average Bonchev–Trinajstić information content (AvgIpc) is 2.40. The maximum Gasteiger partial charge on any atom is 0.172 e. The first-order valence-electron chi connectivity index (χ1n) is 5.91. The van der Waals surface area contributed by atoms with E-state index in [2.05, 4.69) is 22.6 Å². The first kappa shape index (κ1) is 14.2. The van der Waals surface area contributed by atoms with Crippen molar-refractivity contribution in [3.63, 3.8) is 0 Å². The van der Waals surface area contributed by atoms with E-state index in [0.29, 0.717) is 6.61 Å². The van der Waals surface area contributed by atoms with Crippen molar-refractivity contribution in [2.24, 2.45) is 0 Å². The molecule has 2 rings (SSSR count). The van der Waals surface area contributed by atoms with Crippen LogP contribution in [-0.2, 0) is 16.1 Å². The molecule has 5 atom stereocenters. The zero-order valence-electron chi connectivity index (χ0n) is 10.1.